The van der Waals surface area contributed by atoms with Crippen LogP contribution in [0.2, 0.25) is 0 Å². The van der Waals surface area contributed by atoms with Crippen LogP contribution >= 0.6 is 0 Å². The predicted octanol–water partition coefficient (Wildman–Crippen LogP) is 1.33. The summed E-state index contributed by atoms with van der Waals surface area (Å²) in [6.45, 7) is 0.728. The van der Waals surface area contributed by atoms with E-state index in [1.54, 1.807) is 12.1 Å². The summed E-state index contributed by atoms with van der Waals surface area (Å²) < 4.78 is 0. The first-order chi connectivity index (χ1) is 8.72. The zero-order valence-corrected chi connectivity index (χ0v) is 10.3. The van der Waals surface area contributed by atoms with Crippen molar-refractivity contribution in [2.45, 2.75) is 25.7 Å². The van der Waals surface area contributed by atoms with Gasteiger partial charge in [-0.1, -0.05) is 12.5 Å². The number of hydrogen-bond acceptors (Lipinski definition) is 3. The lowest BCUT2D eigenvalue weighted by atomic mass is 10.2. The van der Waals surface area contributed by atoms with Crippen LogP contribution in [0.5, 0.6) is 0 Å². The summed E-state index contributed by atoms with van der Waals surface area (Å²) in [6.07, 6.45) is 4.04. The van der Waals surface area contributed by atoms with Gasteiger partial charge in [-0.05, 0) is 31.5 Å². The normalized spacial score (nSPS) is 10.9. The molecule has 0 bridgehead atoms. The standard InChI is InChI=1S/C13H18N4O/c14-8-3-1-2-7-11-16-10-6-4-5-9(13(15)18)12(10)17-11/h4-6H,1-3,7-8,14H2,(H2,15,18)(H,16,17). The summed E-state index contributed by atoms with van der Waals surface area (Å²) in [5.41, 5.74) is 12.8. The van der Waals surface area contributed by atoms with Crippen molar-refractivity contribution < 1.29 is 4.79 Å². The van der Waals surface area contributed by atoms with E-state index in [1.807, 2.05) is 6.07 Å². The number of carbonyl (C=O) groups is 1. The van der Waals surface area contributed by atoms with Gasteiger partial charge >= 0.3 is 0 Å². The Balaban J connectivity index is 2.17. The first-order valence-electron chi connectivity index (χ1n) is 6.20. The Hall–Kier alpha value is -1.88. The highest BCUT2D eigenvalue weighted by atomic mass is 16.1. The first kappa shape index (κ1) is 12.6. The van der Waals surface area contributed by atoms with Crippen molar-refractivity contribution in [3.8, 4) is 0 Å². The minimum absolute atomic E-state index is 0.443. The molecule has 18 heavy (non-hydrogen) atoms. The van der Waals surface area contributed by atoms with Crippen LogP contribution in [0.3, 0.4) is 0 Å². The molecule has 1 heterocycles. The number of benzene rings is 1. The number of primary amides is 1. The van der Waals surface area contributed by atoms with Crippen LogP contribution in [0.25, 0.3) is 11.0 Å². The van der Waals surface area contributed by atoms with Crippen LogP contribution in [0.4, 0.5) is 0 Å². The Bertz CT molecular complexity index is 547. The molecule has 0 unspecified atom stereocenters. The highest BCUT2D eigenvalue weighted by Gasteiger charge is 2.10. The second-order valence-electron chi connectivity index (χ2n) is 4.35. The summed E-state index contributed by atoms with van der Waals surface area (Å²) >= 11 is 0. The molecule has 96 valence electrons. The number of hydrogen-bond donors (Lipinski definition) is 3. The molecule has 2 aromatic rings. The van der Waals surface area contributed by atoms with Crippen molar-refractivity contribution in [3.63, 3.8) is 0 Å². The fourth-order valence-electron chi connectivity index (χ4n) is 2.01. The molecule has 0 saturated carbocycles. The number of aromatic amines is 1. The van der Waals surface area contributed by atoms with Crippen LogP contribution in [-0.2, 0) is 6.42 Å². The molecular formula is C13H18N4O. The van der Waals surface area contributed by atoms with Crippen LogP contribution in [0.1, 0.15) is 35.4 Å². The van der Waals surface area contributed by atoms with Crippen molar-refractivity contribution in [2.24, 2.45) is 11.5 Å². The quantitative estimate of drug-likeness (QED) is 0.671. The molecule has 0 aliphatic heterocycles. The SMILES string of the molecule is NCCCCCc1nc2c(C(N)=O)cccc2[nH]1. The summed E-state index contributed by atoms with van der Waals surface area (Å²) in [6, 6.07) is 5.40. The molecule has 0 atom stereocenters. The monoisotopic (exact) mass is 246 g/mol. The summed E-state index contributed by atoms with van der Waals surface area (Å²) in [4.78, 5) is 18.9. The number of fused-ring (bicyclic) bond motifs is 1. The molecule has 0 fully saturated rings. The van der Waals surface area contributed by atoms with Crippen molar-refractivity contribution >= 4 is 16.9 Å². The number of aryl methyl sites for hydroxylation is 1. The Labute approximate surface area is 106 Å². The van der Waals surface area contributed by atoms with Gasteiger partial charge in [-0.25, -0.2) is 4.98 Å². The number of amides is 1. The number of H-pyrrole nitrogens is 1. The fourth-order valence-corrected chi connectivity index (χ4v) is 2.01. The first-order valence-corrected chi connectivity index (χ1v) is 6.20. The number of nitrogens with two attached hydrogens (primary N) is 2. The fraction of sp³-hybridized carbons (Fsp3) is 0.385. The van der Waals surface area contributed by atoms with E-state index in [0.29, 0.717) is 11.1 Å². The van der Waals surface area contributed by atoms with Gasteiger partial charge in [0.05, 0.1) is 11.1 Å². The van der Waals surface area contributed by atoms with Crippen LogP contribution in [0, 0.1) is 0 Å². The Kier molecular flexibility index (Phi) is 3.94. The molecule has 1 aromatic carbocycles. The third-order valence-corrected chi connectivity index (χ3v) is 2.94. The van der Waals surface area contributed by atoms with Gasteiger partial charge in [0, 0.05) is 6.42 Å². The van der Waals surface area contributed by atoms with Crippen molar-refractivity contribution in [2.75, 3.05) is 6.54 Å². The molecule has 5 nitrogen and oxygen atoms in total. The minimum Gasteiger partial charge on any atom is -0.366 e. The summed E-state index contributed by atoms with van der Waals surface area (Å²) in [5.74, 6) is 0.456. The van der Waals surface area contributed by atoms with E-state index in [2.05, 4.69) is 9.97 Å². The van der Waals surface area contributed by atoms with E-state index in [-0.39, 0.29) is 0 Å². The highest BCUT2D eigenvalue weighted by molar-refractivity contribution is 6.03. The highest BCUT2D eigenvalue weighted by Crippen LogP contribution is 2.17. The predicted molar refractivity (Wildman–Crippen MR) is 71.2 cm³/mol. The lowest BCUT2D eigenvalue weighted by Crippen LogP contribution is -2.11. The third kappa shape index (κ3) is 2.68. The van der Waals surface area contributed by atoms with Crippen LogP contribution in [-0.4, -0.2) is 22.4 Å². The largest absolute Gasteiger partial charge is 0.366 e. The Morgan fingerprint density at radius 1 is 1.28 bits per heavy atom. The van der Waals surface area contributed by atoms with Crippen LogP contribution < -0.4 is 11.5 Å². The lowest BCUT2D eigenvalue weighted by Gasteiger charge is -1.96. The van der Waals surface area contributed by atoms with E-state index in [1.165, 1.54) is 0 Å². The molecule has 5 heteroatoms. The maximum absolute atomic E-state index is 11.3. The molecule has 5 N–H and O–H groups in total. The molecule has 0 saturated heterocycles. The van der Waals surface area contributed by atoms with Gasteiger partial charge in [0.1, 0.15) is 11.3 Å². The smallest absolute Gasteiger partial charge is 0.250 e. The van der Waals surface area contributed by atoms with Crippen molar-refractivity contribution in [3.05, 3.63) is 29.6 Å². The van der Waals surface area contributed by atoms with E-state index in [9.17, 15) is 4.79 Å². The number of unbranched alkanes of at least 4 members (excludes halogenated alkanes) is 2. The molecular weight excluding hydrogens is 228 g/mol. The van der Waals surface area contributed by atoms with Gasteiger partial charge in [-0.2, -0.15) is 0 Å². The summed E-state index contributed by atoms with van der Waals surface area (Å²) in [5, 5.41) is 0. The van der Waals surface area contributed by atoms with Gasteiger partial charge < -0.3 is 16.5 Å². The zero-order chi connectivity index (χ0) is 13.0. The van der Waals surface area contributed by atoms with Crippen LogP contribution in [0.15, 0.2) is 18.2 Å². The number of nitrogens with zero attached hydrogens (tertiary/aromatic N) is 1. The number of rotatable bonds is 6. The lowest BCUT2D eigenvalue weighted by molar-refractivity contribution is 0.100. The molecule has 1 amide bonds. The van der Waals surface area contributed by atoms with Crippen molar-refractivity contribution in [1.82, 2.24) is 9.97 Å². The summed E-state index contributed by atoms with van der Waals surface area (Å²) in [7, 11) is 0. The maximum atomic E-state index is 11.3. The van der Waals surface area contributed by atoms with Gasteiger partial charge in [-0.15, -0.1) is 0 Å². The van der Waals surface area contributed by atoms with Crippen molar-refractivity contribution in [1.29, 1.82) is 0 Å². The van der Waals surface area contributed by atoms with Gasteiger partial charge in [0.2, 0.25) is 0 Å². The molecule has 0 aliphatic carbocycles. The second-order valence-corrected chi connectivity index (χ2v) is 4.35. The average Bonchev–Trinajstić information content (AvgIpc) is 2.76. The second kappa shape index (κ2) is 5.64. The van der Waals surface area contributed by atoms with Gasteiger partial charge in [0.15, 0.2) is 0 Å². The Morgan fingerprint density at radius 2 is 2.11 bits per heavy atom. The molecule has 2 rings (SSSR count). The maximum Gasteiger partial charge on any atom is 0.250 e. The molecule has 0 radical (unpaired) electrons. The van der Waals surface area contributed by atoms with E-state index >= 15 is 0 Å². The molecule has 0 aliphatic rings. The molecule has 1 aromatic heterocycles. The Morgan fingerprint density at radius 3 is 2.83 bits per heavy atom. The van der Waals surface area contributed by atoms with E-state index < -0.39 is 5.91 Å². The number of aromatic nitrogens is 2. The zero-order valence-electron chi connectivity index (χ0n) is 10.3. The number of imidazole rings is 1. The van der Waals surface area contributed by atoms with Gasteiger partial charge in [0.25, 0.3) is 5.91 Å². The average molecular weight is 246 g/mol. The molecule has 0 spiro atoms. The number of para-hydroxylation sites is 1. The number of carbonyl (C=O) groups excluding carboxylic acids is 1. The third-order valence-electron chi connectivity index (χ3n) is 2.94. The minimum atomic E-state index is -0.443. The topological polar surface area (TPSA) is 97.8 Å². The van der Waals surface area contributed by atoms with E-state index in [0.717, 1.165) is 43.6 Å². The van der Waals surface area contributed by atoms with E-state index in [4.69, 9.17) is 11.5 Å². The number of nitrogens with one attached hydrogen (secondary N) is 1. The van der Waals surface area contributed by atoms with Gasteiger partial charge in [-0.3, -0.25) is 4.79 Å².